The molecule has 1 aromatic carbocycles. The number of likely N-dealkylation sites (tertiary alicyclic amines) is 1. The Morgan fingerprint density at radius 2 is 1.83 bits per heavy atom. The van der Waals surface area contributed by atoms with Gasteiger partial charge < -0.3 is 0 Å². The van der Waals surface area contributed by atoms with Crippen LogP contribution in [-0.2, 0) is 6.54 Å². The second kappa shape index (κ2) is 6.93. The molecule has 24 heavy (non-hydrogen) atoms. The molecule has 0 atom stereocenters. The highest BCUT2D eigenvalue weighted by Gasteiger charge is 2.21. The average molecular weight is 319 g/mol. The van der Waals surface area contributed by atoms with E-state index in [0.29, 0.717) is 6.04 Å². The molecule has 0 bridgehead atoms. The molecule has 1 aliphatic rings. The molecule has 5 heteroatoms. The van der Waals surface area contributed by atoms with Gasteiger partial charge in [-0.25, -0.2) is 0 Å². The van der Waals surface area contributed by atoms with E-state index in [2.05, 4.69) is 61.2 Å². The van der Waals surface area contributed by atoms with E-state index in [1.807, 2.05) is 6.20 Å². The van der Waals surface area contributed by atoms with Gasteiger partial charge in [-0.05, 0) is 18.4 Å². The van der Waals surface area contributed by atoms with Crippen LogP contribution in [-0.4, -0.2) is 37.7 Å². The van der Waals surface area contributed by atoms with Crippen molar-refractivity contribution in [3.63, 3.8) is 0 Å². The SMILES string of the molecule is c1ccc(CN2CCC(n3cc(-c4cnccn4)cn3)CC2)cc1. The lowest BCUT2D eigenvalue weighted by Gasteiger charge is -2.32. The lowest BCUT2D eigenvalue weighted by molar-refractivity contribution is 0.173. The van der Waals surface area contributed by atoms with Crippen LogP contribution in [0.5, 0.6) is 0 Å². The number of hydrogen-bond acceptors (Lipinski definition) is 4. The topological polar surface area (TPSA) is 46.8 Å². The van der Waals surface area contributed by atoms with Gasteiger partial charge in [-0.3, -0.25) is 19.5 Å². The first-order chi connectivity index (χ1) is 11.9. The van der Waals surface area contributed by atoms with Gasteiger partial charge in [-0.15, -0.1) is 0 Å². The van der Waals surface area contributed by atoms with Crippen molar-refractivity contribution in [2.24, 2.45) is 0 Å². The molecule has 0 aliphatic carbocycles. The van der Waals surface area contributed by atoms with Crippen LogP contribution >= 0.6 is 0 Å². The van der Waals surface area contributed by atoms with Crippen LogP contribution in [0.2, 0.25) is 0 Å². The molecule has 0 amide bonds. The van der Waals surface area contributed by atoms with Gasteiger partial charge in [0.1, 0.15) is 0 Å². The highest BCUT2D eigenvalue weighted by molar-refractivity contribution is 5.55. The summed E-state index contributed by atoms with van der Waals surface area (Å²) < 4.78 is 2.10. The molecule has 0 saturated carbocycles. The van der Waals surface area contributed by atoms with Crippen LogP contribution in [0.15, 0.2) is 61.3 Å². The van der Waals surface area contributed by atoms with E-state index in [1.165, 1.54) is 5.56 Å². The minimum atomic E-state index is 0.474. The molecule has 3 aromatic rings. The number of rotatable bonds is 4. The summed E-state index contributed by atoms with van der Waals surface area (Å²) in [4.78, 5) is 11.0. The first-order valence-corrected chi connectivity index (χ1v) is 8.45. The third kappa shape index (κ3) is 3.36. The molecule has 1 aliphatic heterocycles. The van der Waals surface area contributed by atoms with Crippen LogP contribution in [0.4, 0.5) is 0 Å². The van der Waals surface area contributed by atoms with Crippen LogP contribution in [0.25, 0.3) is 11.3 Å². The Bertz CT molecular complexity index is 761. The fraction of sp³-hybridized carbons (Fsp3) is 0.316. The van der Waals surface area contributed by atoms with E-state index >= 15 is 0 Å². The summed E-state index contributed by atoms with van der Waals surface area (Å²) in [7, 11) is 0. The Morgan fingerprint density at radius 3 is 2.58 bits per heavy atom. The second-order valence-electron chi connectivity index (χ2n) is 6.29. The number of piperidine rings is 1. The van der Waals surface area contributed by atoms with Crippen molar-refractivity contribution >= 4 is 0 Å². The maximum atomic E-state index is 4.56. The zero-order valence-electron chi connectivity index (χ0n) is 13.6. The lowest BCUT2D eigenvalue weighted by Crippen LogP contribution is -2.34. The van der Waals surface area contributed by atoms with Crippen LogP contribution in [0, 0.1) is 0 Å². The molecule has 122 valence electrons. The van der Waals surface area contributed by atoms with Crippen molar-refractivity contribution in [1.82, 2.24) is 24.6 Å². The van der Waals surface area contributed by atoms with Crippen molar-refractivity contribution in [3.8, 4) is 11.3 Å². The molecular formula is C19H21N5. The molecule has 0 radical (unpaired) electrons. The largest absolute Gasteiger partial charge is 0.299 e. The van der Waals surface area contributed by atoms with Crippen molar-refractivity contribution in [2.75, 3.05) is 13.1 Å². The fourth-order valence-electron chi connectivity index (χ4n) is 3.30. The van der Waals surface area contributed by atoms with Gasteiger partial charge in [0.05, 0.1) is 24.1 Å². The summed E-state index contributed by atoms with van der Waals surface area (Å²) >= 11 is 0. The summed E-state index contributed by atoms with van der Waals surface area (Å²) in [5.41, 5.74) is 3.31. The number of benzene rings is 1. The Morgan fingerprint density at radius 1 is 1.00 bits per heavy atom. The monoisotopic (exact) mass is 319 g/mol. The van der Waals surface area contributed by atoms with E-state index in [9.17, 15) is 0 Å². The molecule has 2 aromatic heterocycles. The van der Waals surface area contributed by atoms with Crippen LogP contribution < -0.4 is 0 Å². The normalized spacial score (nSPS) is 16.3. The molecule has 0 unspecified atom stereocenters. The summed E-state index contributed by atoms with van der Waals surface area (Å²) in [5, 5.41) is 4.56. The maximum Gasteiger partial charge on any atom is 0.0916 e. The predicted octanol–water partition coefficient (Wildman–Crippen LogP) is 3.18. The Kier molecular flexibility index (Phi) is 4.34. The molecule has 3 heterocycles. The predicted molar refractivity (Wildman–Crippen MR) is 93.2 cm³/mol. The first-order valence-electron chi connectivity index (χ1n) is 8.45. The van der Waals surface area contributed by atoms with Gasteiger partial charge in [0, 0.05) is 43.8 Å². The summed E-state index contributed by atoms with van der Waals surface area (Å²) in [6.45, 7) is 3.26. The second-order valence-corrected chi connectivity index (χ2v) is 6.29. The van der Waals surface area contributed by atoms with Crippen molar-refractivity contribution in [2.45, 2.75) is 25.4 Å². The van der Waals surface area contributed by atoms with Crippen LogP contribution in [0.3, 0.4) is 0 Å². The molecule has 5 nitrogen and oxygen atoms in total. The standard InChI is InChI=1S/C19H21N5/c1-2-4-16(5-3-1)14-23-10-6-18(7-11-23)24-15-17(12-22-24)19-13-20-8-9-21-19/h1-5,8-9,12-13,15,18H,6-7,10-11,14H2. The Hall–Kier alpha value is -2.53. The van der Waals surface area contributed by atoms with E-state index in [-0.39, 0.29) is 0 Å². The van der Waals surface area contributed by atoms with E-state index in [0.717, 1.165) is 43.7 Å². The van der Waals surface area contributed by atoms with E-state index in [4.69, 9.17) is 0 Å². The third-order valence-electron chi connectivity index (χ3n) is 4.64. The quantitative estimate of drug-likeness (QED) is 0.741. The average Bonchev–Trinajstić information content (AvgIpc) is 3.14. The van der Waals surface area contributed by atoms with Crippen molar-refractivity contribution in [1.29, 1.82) is 0 Å². The van der Waals surface area contributed by atoms with Gasteiger partial charge in [-0.1, -0.05) is 30.3 Å². The van der Waals surface area contributed by atoms with Gasteiger partial charge in [0.15, 0.2) is 0 Å². The number of nitrogens with zero attached hydrogens (tertiary/aromatic N) is 5. The zero-order valence-corrected chi connectivity index (χ0v) is 13.6. The summed E-state index contributed by atoms with van der Waals surface area (Å²) in [5.74, 6) is 0. The Labute approximate surface area is 142 Å². The first kappa shape index (κ1) is 15.0. The zero-order chi connectivity index (χ0) is 16.2. The summed E-state index contributed by atoms with van der Waals surface area (Å²) in [6.07, 6.45) is 11.4. The maximum absolute atomic E-state index is 4.56. The van der Waals surface area contributed by atoms with Gasteiger partial charge >= 0.3 is 0 Å². The van der Waals surface area contributed by atoms with Gasteiger partial charge in [-0.2, -0.15) is 5.10 Å². The minimum absolute atomic E-state index is 0.474. The molecule has 0 N–H and O–H groups in total. The van der Waals surface area contributed by atoms with E-state index in [1.54, 1.807) is 18.6 Å². The van der Waals surface area contributed by atoms with Gasteiger partial charge in [0.2, 0.25) is 0 Å². The number of hydrogen-bond donors (Lipinski definition) is 0. The van der Waals surface area contributed by atoms with Gasteiger partial charge in [0.25, 0.3) is 0 Å². The lowest BCUT2D eigenvalue weighted by atomic mass is 10.0. The molecular weight excluding hydrogens is 298 g/mol. The van der Waals surface area contributed by atoms with Crippen molar-refractivity contribution < 1.29 is 0 Å². The molecule has 1 saturated heterocycles. The molecule has 4 rings (SSSR count). The van der Waals surface area contributed by atoms with Crippen molar-refractivity contribution in [3.05, 3.63) is 66.9 Å². The van der Waals surface area contributed by atoms with Crippen LogP contribution in [0.1, 0.15) is 24.4 Å². The Balaban J connectivity index is 1.37. The molecule has 0 spiro atoms. The number of aromatic nitrogens is 4. The van der Waals surface area contributed by atoms with E-state index < -0.39 is 0 Å². The highest BCUT2D eigenvalue weighted by Crippen LogP contribution is 2.25. The minimum Gasteiger partial charge on any atom is -0.299 e. The smallest absolute Gasteiger partial charge is 0.0916 e. The molecule has 1 fully saturated rings. The fourth-order valence-corrected chi connectivity index (χ4v) is 3.30. The summed E-state index contributed by atoms with van der Waals surface area (Å²) in [6, 6.07) is 11.2. The highest BCUT2D eigenvalue weighted by atomic mass is 15.3. The third-order valence-corrected chi connectivity index (χ3v) is 4.64.